The molecule has 0 spiro atoms. The van der Waals surface area contributed by atoms with Crippen LogP contribution in [0, 0.1) is 5.92 Å². The highest BCUT2D eigenvalue weighted by molar-refractivity contribution is 5.85. The number of rotatable bonds is 3. The fourth-order valence-electron chi connectivity index (χ4n) is 2.59. The first-order valence-electron chi connectivity index (χ1n) is 6.48. The highest BCUT2D eigenvalue weighted by Crippen LogP contribution is 2.32. The normalized spacial score (nSPS) is 22.4. The molecule has 0 aromatic heterocycles. The monoisotopic (exact) mass is 323 g/mol. The van der Waals surface area contributed by atoms with Crippen molar-refractivity contribution < 1.29 is 23.1 Å². The zero-order valence-electron chi connectivity index (χ0n) is 11.2. The van der Waals surface area contributed by atoms with Crippen LogP contribution >= 0.6 is 12.4 Å². The van der Waals surface area contributed by atoms with Crippen LogP contribution < -0.4 is 5.32 Å². The second-order valence-corrected chi connectivity index (χ2v) is 5.11. The maximum atomic E-state index is 12.5. The fourth-order valence-corrected chi connectivity index (χ4v) is 2.59. The molecule has 0 aliphatic carbocycles. The Bertz CT molecular complexity index is 476. The number of hydrogen-bond acceptors (Lipinski definition) is 2. The third kappa shape index (κ3) is 4.89. The minimum atomic E-state index is -4.33. The number of aliphatic carboxylic acids is 1. The number of alkyl halides is 3. The van der Waals surface area contributed by atoms with Crippen molar-refractivity contribution in [3.05, 3.63) is 35.4 Å². The first kappa shape index (κ1) is 17.8. The maximum absolute atomic E-state index is 12.5. The Morgan fingerprint density at radius 1 is 1.29 bits per heavy atom. The molecule has 118 valence electrons. The van der Waals surface area contributed by atoms with Gasteiger partial charge in [0.25, 0.3) is 0 Å². The number of hydrogen-bond donors (Lipinski definition) is 2. The minimum Gasteiger partial charge on any atom is -0.481 e. The molecule has 0 amide bonds. The number of benzene rings is 1. The molecule has 2 atom stereocenters. The van der Waals surface area contributed by atoms with E-state index in [-0.39, 0.29) is 30.8 Å². The first-order valence-corrected chi connectivity index (χ1v) is 6.48. The van der Waals surface area contributed by atoms with E-state index in [4.69, 9.17) is 5.11 Å². The quantitative estimate of drug-likeness (QED) is 0.893. The van der Waals surface area contributed by atoms with Crippen LogP contribution in [0.1, 0.15) is 36.4 Å². The van der Waals surface area contributed by atoms with Gasteiger partial charge in [-0.2, -0.15) is 13.2 Å². The molecular formula is C14H17ClF3NO2. The first-order chi connectivity index (χ1) is 9.36. The van der Waals surface area contributed by atoms with Crippen molar-refractivity contribution in [1.29, 1.82) is 0 Å². The molecule has 21 heavy (non-hydrogen) atoms. The molecule has 0 bridgehead atoms. The van der Waals surface area contributed by atoms with Crippen LogP contribution in [-0.2, 0) is 11.0 Å². The molecule has 1 saturated heterocycles. The molecule has 1 aliphatic heterocycles. The summed E-state index contributed by atoms with van der Waals surface area (Å²) in [7, 11) is 0. The van der Waals surface area contributed by atoms with E-state index in [0.717, 1.165) is 24.1 Å². The average Bonchev–Trinajstić information content (AvgIpc) is 2.37. The van der Waals surface area contributed by atoms with E-state index in [1.807, 2.05) is 0 Å². The molecule has 0 radical (unpaired) electrons. The van der Waals surface area contributed by atoms with Crippen LogP contribution in [0.5, 0.6) is 0 Å². The summed E-state index contributed by atoms with van der Waals surface area (Å²) in [6.45, 7) is 0.684. The molecule has 3 nitrogen and oxygen atoms in total. The number of nitrogens with one attached hydrogen (secondary N) is 1. The summed E-state index contributed by atoms with van der Waals surface area (Å²) in [6.07, 6.45) is -2.80. The van der Waals surface area contributed by atoms with Gasteiger partial charge in [-0.15, -0.1) is 12.4 Å². The lowest BCUT2D eigenvalue weighted by atomic mass is 9.86. The Kier molecular flexibility index (Phi) is 6.04. The van der Waals surface area contributed by atoms with Gasteiger partial charge in [0.2, 0.25) is 0 Å². The third-order valence-corrected chi connectivity index (χ3v) is 3.62. The van der Waals surface area contributed by atoms with Gasteiger partial charge in [-0.1, -0.05) is 12.1 Å². The second kappa shape index (κ2) is 7.13. The predicted octanol–water partition coefficient (Wildman–Crippen LogP) is 3.64. The van der Waals surface area contributed by atoms with E-state index in [9.17, 15) is 18.0 Å². The Labute approximate surface area is 127 Å². The van der Waals surface area contributed by atoms with E-state index in [0.29, 0.717) is 13.0 Å². The molecule has 2 N–H and O–H groups in total. The van der Waals surface area contributed by atoms with E-state index < -0.39 is 17.7 Å². The van der Waals surface area contributed by atoms with Crippen molar-refractivity contribution in [2.24, 2.45) is 5.92 Å². The summed E-state index contributed by atoms with van der Waals surface area (Å²) in [5.74, 6) is -0.760. The lowest BCUT2D eigenvalue weighted by molar-refractivity contribution is -0.139. The predicted molar refractivity (Wildman–Crippen MR) is 74.4 cm³/mol. The Morgan fingerprint density at radius 3 is 2.43 bits per heavy atom. The van der Waals surface area contributed by atoms with Crippen LogP contribution in [-0.4, -0.2) is 17.6 Å². The smallest absolute Gasteiger partial charge is 0.416 e. The summed E-state index contributed by atoms with van der Waals surface area (Å²) in [5.41, 5.74) is 0.104. The van der Waals surface area contributed by atoms with Crippen LogP contribution in [0.2, 0.25) is 0 Å². The molecule has 2 unspecified atom stereocenters. The molecule has 0 saturated carbocycles. The lowest BCUT2D eigenvalue weighted by Crippen LogP contribution is -2.32. The van der Waals surface area contributed by atoms with Gasteiger partial charge in [-0.25, -0.2) is 0 Å². The highest BCUT2D eigenvalue weighted by atomic mass is 35.5. The average molecular weight is 324 g/mol. The minimum absolute atomic E-state index is 0. The van der Waals surface area contributed by atoms with Crippen molar-refractivity contribution in [3.63, 3.8) is 0 Å². The lowest BCUT2D eigenvalue weighted by Gasteiger charge is -2.30. The fraction of sp³-hybridized carbons (Fsp3) is 0.500. The summed E-state index contributed by atoms with van der Waals surface area (Å²) in [5, 5.41) is 12.0. The zero-order valence-corrected chi connectivity index (χ0v) is 12.0. The van der Waals surface area contributed by atoms with Gasteiger partial charge in [-0.3, -0.25) is 4.79 Å². The van der Waals surface area contributed by atoms with Crippen LogP contribution in [0.3, 0.4) is 0 Å². The Hall–Kier alpha value is -1.27. The van der Waals surface area contributed by atoms with E-state index >= 15 is 0 Å². The van der Waals surface area contributed by atoms with Gasteiger partial charge < -0.3 is 10.4 Å². The number of halogens is 4. The van der Waals surface area contributed by atoms with Gasteiger partial charge in [0.1, 0.15) is 0 Å². The summed E-state index contributed by atoms with van der Waals surface area (Å²) in [6, 6.07) is 4.98. The van der Waals surface area contributed by atoms with Crippen LogP contribution in [0.15, 0.2) is 24.3 Å². The van der Waals surface area contributed by atoms with E-state index in [2.05, 4.69) is 5.32 Å². The molecule has 1 aromatic rings. The molecular weight excluding hydrogens is 307 g/mol. The Balaban J connectivity index is 0.00000220. The van der Waals surface area contributed by atoms with Gasteiger partial charge in [0, 0.05) is 12.5 Å². The van der Waals surface area contributed by atoms with Crippen molar-refractivity contribution in [3.8, 4) is 0 Å². The zero-order chi connectivity index (χ0) is 14.8. The van der Waals surface area contributed by atoms with Gasteiger partial charge in [0.05, 0.1) is 5.56 Å². The largest absolute Gasteiger partial charge is 0.481 e. The summed E-state index contributed by atoms with van der Waals surface area (Å²) >= 11 is 0. The van der Waals surface area contributed by atoms with Crippen molar-refractivity contribution >= 4 is 18.4 Å². The second-order valence-electron chi connectivity index (χ2n) is 5.11. The molecule has 1 aliphatic rings. The maximum Gasteiger partial charge on any atom is 0.416 e. The standard InChI is InChI=1S/C14H16F3NO2.ClH/c15-14(16,17)11-3-1-10(2-4-11)12-7-9(5-6-18-12)8-13(19)20;/h1-4,9,12,18H,5-8H2,(H,19,20);1H. The topological polar surface area (TPSA) is 49.3 Å². The van der Waals surface area contributed by atoms with Gasteiger partial charge >= 0.3 is 12.1 Å². The highest BCUT2D eigenvalue weighted by Gasteiger charge is 2.31. The SMILES string of the molecule is Cl.O=C(O)CC1CCNC(c2ccc(C(F)(F)F)cc2)C1. The van der Waals surface area contributed by atoms with E-state index in [1.54, 1.807) is 0 Å². The molecule has 1 fully saturated rings. The van der Waals surface area contributed by atoms with E-state index in [1.165, 1.54) is 12.1 Å². The molecule has 2 rings (SSSR count). The third-order valence-electron chi connectivity index (χ3n) is 3.62. The van der Waals surface area contributed by atoms with Crippen LogP contribution in [0.25, 0.3) is 0 Å². The molecule has 1 heterocycles. The summed E-state index contributed by atoms with van der Waals surface area (Å²) in [4.78, 5) is 10.7. The number of piperidine rings is 1. The van der Waals surface area contributed by atoms with Crippen molar-refractivity contribution in [1.82, 2.24) is 5.32 Å². The van der Waals surface area contributed by atoms with Gasteiger partial charge in [-0.05, 0) is 43.0 Å². The Morgan fingerprint density at radius 2 is 1.90 bits per heavy atom. The number of carboxylic acid groups (broad SMARTS) is 1. The van der Waals surface area contributed by atoms with Crippen molar-refractivity contribution in [2.75, 3.05) is 6.54 Å². The van der Waals surface area contributed by atoms with Crippen molar-refractivity contribution in [2.45, 2.75) is 31.5 Å². The van der Waals surface area contributed by atoms with Gasteiger partial charge in [0.15, 0.2) is 0 Å². The summed E-state index contributed by atoms with van der Waals surface area (Å²) < 4.78 is 37.5. The molecule has 1 aromatic carbocycles. The molecule has 7 heteroatoms. The number of carbonyl (C=O) groups is 1. The van der Waals surface area contributed by atoms with Crippen LogP contribution in [0.4, 0.5) is 13.2 Å². The number of carboxylic acids is 1.